The highest BCUT2D eigenvalue weighted by molar-refractivity contribution is 5.98. The number of hydrogen-bond donors (Lipinski definition) is 1. The van der Waals surface area contributed by atoms with Crippen molar-refractivity contribution in [2.75, 3.05) is 39.0 Å². The van der Waals surface area contributed by atoms with Gasteiger partial charge in [0.25, 0.3) is 0 Å². The number of likely N-dealkylation sites (N-methyl/N-ethyl adjacent to an activating group) is 1. The van der Waals surface area contributed by atoms with Gasteiger partial charge in [0.15, 0.2) is 5.65 Å². The highest BCUT2D eigenvalue weighted by Gasteiger charge is 2.43. The van der Waals surface area contributed by atoms with Crippen LogP contribution < -0.4 is 10.5 Å². The maximum Gasteiger partial charge on any atom is 0.165 e. The minimum absolute atomic E-state index is 0.187. The van der Waals surface area contributed by atoms with Gasteiger partial charge in [-0.1, -0.05) is 24.6 Å². The van der Waals surface area contributed by atoms with Gasteiger partial charge in [0.05, 0.1) is 5.39 Å². The molecule has 3 heterocycles. The Morgan fingerprint density at radius 1 is 0.833 bits per heavy atom. The van der Waals surface area contributed by atoms with Crippen molar-refractivity contribution in [1.82, 2.24) is 29.5 Å². The predicted molar refractivity (Wildman–Crippen MR) is 142 cm³/mol. The lowest BCUT2D eigenvalue weighted by atomic mass is 9.87. The van der Waals surface area contributed by atoms with E-state index in [-0.39, 0.29) is 5.66 Å². The summed E-state index contributed by atoms with van der Waals surface area (Å²) in [6.45, 7) is 4.18. The molecule has 0 atom stereocenters. The van der Waals surface area contributed by atoms with Crippen LogP contribution in [0.25, 0.3) is 22.3 Å². The van der Waals surface area contributed by atoms with Gasteiger partial charge >= 0.3 is 0 Å². The molecule has 2 aromatic carbocycles. The minimum atomic E-state index is -0.187. The first-order chi connectivity index (χ1) is 17.6. The first-order valence-electron chi connectivity index (χ1n) is 12.9. The summed E-state index contributed by atoms with van der Waals surface area (Å²) < 4.78 is 8.19. The van der Waals surface area contributed by atoms with Crippen LogP contribution in [0.2, 0.25) is 0 Å². The molecule has 0 unspecified atom stereocenters. The molecule has 2 aromatic heterocycles. The molecular weight excluding hydrogens is 450 g/mol. The Balaban J connectivity index is 1.42. The first kappa shape index (κ1) is 22.9. The number of rotatable bonds is 5. The lowest BCUT2D eigenvalue weighted by Crippen LogP contribution is -2.58. The number of anilines is 1. The van der Waals surface area contributed by atoms with E-state index < -0.39 is 0 Å². The Labute approximate surface area is 211 Å². The molecule has 6 rings (SSSR count). The molecule has 2 aliphatic rings. The molecule has 1 aliphatic heterocycles. The molecule has 2 N–H and O–H groups in total. The summed E-state index contributed by atoms with van der Waals surface area (Å²) in [5.74, 6) is 2.05. The average molecular weight is 484 g/mol. The van der Waals surface area contributed by atoms with Crippen molar-refractivity contribution in [2.45, 2.75) is 37.8 Å². The van der Waals surface area contributed by atoms with Crippen LogP contribution in [0.15, 0.2) is 60.9 Å². The van der Waals surface area contributed by atoms with Gasteiger partial charge in [-0.15, -0.1) is 0 Å². The maximum atomic E-state index is 6.46. The number of nitrogen functional groups attached to an aromatic ring is 1. The Morgan fingerprint density at radius 2 is 1.53 bits per heavy atom. The Kier molecular flexibility index (Phi) is 6.07. The van der Waals surface area contributed by atoms with Gasteiger partial charge in [-0.25, -0.2) is 14.6 Å². The molecule has 2 fully saturated rings. The van der Waals surface area contributed by atoms with Crippen molar-refractivity contribution in [1.29, 1.82) is 0 Å². The zero-order valence-corrected chi connectivity index (χ0v) is 20.8. The minimum Gasteiger partial charge on any atom is -0.457 e. The molecule has 8 nitrogen and oxygen atoms in total. The fourth-order valence-corrected chi connectivity index (χ4v) is 5.77. The number of nitrogens with zero attached hydrogens (tertiary/aromatic N) is 6. The number of para-hydroxylation sites is 1. The Bertz CT molecular complexity index is 1320. The van der Waals surface area contributed by atoms with Crippen molar-refractivity contribution in [2.24, 2.45) is 0 Å². The number of piperazine rings is 1. The third kappa shape index (κ3) is 4.10. The van der Waals surface area contributed by atoms with Gasteiger partial charge in [-0.3, -0.25) is 4.90 Å². The predicted octanol–water partition coefficient (Wildman–Crippen LogP) is 4.73. The van der Waals surface area contributed by atoms with E-state index in [1.165, 1.54) is 19.3 Å². The number of fused-ring (bicyclic) bond motifs is 1. The number of hydrogen-bond acceptors (Lipinski definition) is 7. The highest BCUT2D eigenvalue weighted by atomic mass is 16.5. The molecule has 0 bridgehead atoms. The summed E-state index contributed by atoms with van der Waals surface area (Å²) in [4.78, 5) is 14.1. The number of benzene rings is 2. The highest BCUT2D eigenvalue weighted by Crippen LogP contribution is 2.42. The van der Waals surface area contributed by atoms with Gasteiger partial charge < -0.3 is 15.4 Å². The quantitative estimate of drug-likeness (QED) is 0.439. The number of aromatic nitrogens is 4. The summed E-state index contributed by atoms with van der Waals surface area (Å²) in [6.07, 6.45) is 7.35. The van der Waals surface area contributed by atoms with Crippen LogP contribution in [0.5, 0.6) is 11.5 Å². The van der Waals surface area contributed by atoms with Gasteiger partial charge in [0, 0.05) is 31.7 Å². The van der Waals surface area contributed by atoms with Gasteiger partial charge in [0.2, 0.25) is 0 Å². The summed E-state index contributed by atoms with van der Waals surface area (Å²) in [5, 5.41) is 6.09. The van der Waals surface area contributed by atoms with E-state index in [2.05, 4.69) is 26.5 Å². The molecule has 1 aliphatic carbocycles. The zero-order chi connectivity index (χ0) is 24.5. The third-order valence-electron chi connectivity index (χ3n) is 7.74. The molecule has 0 amide bonds. The number of ether oxygens (including phenoxy) is 1. The topological polar surface area (TPSA) is 85.3 Å². The SMILES string of the molecule is CN1CCN(C2(n3nc(-c4ccc(Oc5ccccc5)cc4)c4c(N)ncnc43)CCCCC2)CC1. The van der Waals surface area contributed by atoms with E-state index in [4.69, 9.17) is 20.6 Å². The Hall–Kier alpha value is -3.49. The molecule has 8 heteroatoms. The van der Waals surface area contributed by atoms with Crippen LogP contribution in [-0.2, 0) is 5.66 Å². The molecule has 1 saturated carbocycles. The monoisotopic (exact) mass is 483 g/mol. The van der Waals surface area contributed by atoms with E-state index in [0.29, 0.717) is 5.82 Å². The molecule has 4 aromatic rings. The van der Waals surface area contributed by atoms with E-state index in [9.17, 15) is 0 Å². The van der Waals surface area contributed by atoms with Crippen LogP contribution in [0.4, 0.5) is 5.82 Å². The van der Waals surface area contributed by atoms with E-state index in [1.54, 1.807) is 6.33 Å². The van der Waals surface area contributed by atoms with Crippen molar-refractivity contribution in [3.63, 3.8) is 0 Å². The normalized spacial score (nSPS) is 18.9. The van der Waals surface area contributed by atoms with E-state index >= 15 is 0 Å². The van der Waals surface area contributed by atoms with Crippen LogP contribution in [0.1, 0.15) is 32.1 Å². The molecule has 0 spiro atoms. The second-order valence-corrected chi connectivity index (χ2v) is 9.99. The van der Waals surface area contributed by atoms with Gasteiger partial charge in [0.1, 0.15) is 35.0 Å². The smallest absolute Gasteiger partial charge is 0.165 e. The average Bonchev–Trinajstić information content (AvgIpc) is 3.32. The zero-order valence-electron chi connectivity index (χ0n) is 20.8. The second kappa shape index (κ2) is 9.52. The maximum absolute atomic E-state index is 6.46. The van der Waals surface area contributed by atoms with Gasteiger partial charge in [-0.2, -0.15) is 5.10 Å². The lowest BCUT2D eigenvalue weighted by Gasteiger charge is -2.49. The van der Waals surface area contributed by atoms with Crippen molar-refractivity contribution >= 4 is 16.9 Å². The second-order valence-electron chi connectivity index (χ2n) is 9.99. The van der Waals surface area contributed by atoms with Crippen LogP contribution in [0, 0.1) is 0 Å². The largest absolute Gasteiger partial charge is 0.457 e. The van der Waals surface area contributed by atoms with Crippen LogP contribution in [0.3, 0.4) is 0 Å². The van der Waals surface area contributed by atoms with Crippen molar-refractivity contribution < 1.29 is 4.74 Å². The van der Waals surface area contributed by atoms with Crippen LogP contribution >= 0.6 is 0 Å². The molecule has 1 saturated heterocycles. The standard InChI is InChI=1S/C28H33N7O/c1-33-16-18-34(19-17-33)28(14-6-3-7-15-28)35-27-24(26(29)30-20-31-27)25(32-35)21-10-12-23(13-11-21)36-22-8-4-2-5-9-22/h2,4-5,8-13,20H,3,6-7,14-19H2,1H3,(H2,29,30,31). The Morgan fingerprint density at radius 3 is 2.25 bits per heavy atom. The molecular formula is C28H33N7O. The summed E-state index contributed by atoms with van der Waals surface area (Å²) in [6, 6.07) is 17.8. The van der Waals surface area contributed by atoms with Crippen LogP contribution in [-0.4, -0.2) is 62.8 Å². The molecule has 36 heavy (non-hydrogen) atoms. The van der Waals surface area contributed by atoms with Crippen molar-refractivity contribution in [3.8, 4) is 22.8 Å². The summed E-state index contributed by atoms with van der Waals surface area (Å²) in [5.41, 5.74) is 8.90. The summed E-state index contributed by atoms with van der Waals surface area (Å²) >= 11 is 0. The lowest BCUT2D eigenvalue weighted by molar-refractivity contribution is -0.0478. The fraction of sp³-hybridized carbons (Fsp3) is 0.393. The number of nitrogens with two attached hydrogens (primary N) is 1. The van der Waals surface area contributed by atoms with E-state index in [1.807, 2.05) is 54.6 Å². The fourth-order valence-electron chi connectivity index (χ4n) is 5.77. The van der Waals surface area contributed by atoms with Gasteiger partial charge in [-0.05, 0) is 69.1 Å². The van der Waals surface area contributed by atoms with Crippen molar-refractivity contribution in [3.05, 3.63) is 60.9 Å². The summed E-state index contributed by atoms with van der Waals surface area (Å²) in [7, 11) is 2.20. The first-order valence-corrected chi connectivity index (χ1v) is 12.9. The van der Waals surface area contributed by atoms with E-state index in [0.717, 1.165) is 72.8 Å². The molecule has 186 valence electrons. The third-order valence-corrected chi connectivity index (χ3v) is 7.74. The molecule has 0 radical (unpaired) electrons.